The smallest absolute Gasteiger partial charge is 0.292 e. The summed E-state index contributed by atoms with van der Waals surface area (Å²) in [6.45, 7) is 2.91. The Morgan fingerprint density at radius 1 is 1.57 bits per heavy atom. The van der Waals surface area contributed by atoms with E-state index >= 15 is 0 Å². The quantitative estimate of drug-likeness (QED) is 0.673. The lowest BCUT2D eigenvalue weighted by Crippen LogP contribution is -2.38. The molecule has 2 atom stereocenters. The first kappa shape index (κ1) is 13.9. The number of fused-ring (bicyclic) bond motifs is 2. The van der Waals surface area contributed by atoms with Crippen molar-refractivity contribution in [3.8, 4) is 0 Å². The highest BCUT2D eigenvalue weighted by Crippen LogP contribution is 2.37. The van der Waals surface area contributed by atoms with E-state index in [4.69, 9.17) is 0 Å². The Kier molecular flexibility index (Phi) is 3.59. The van der Waals surface area contributed by atoms with Crippen molar-refractivity contribution >= 4 is 17.3 Å². The van der Waals surface area contributed by atoms with Crippen LogP contribution in [0.3, 0.4) is 0 Å². The van der Waals surface area contributed by atoms with Gasteiger partial charge in [0.25, 0.3) is 5.69 Å². The van der Waals surface area contributed by atoms with E-state index in [-0.39, 0.29) is 11.6 Å². The first-order chi connectivity index (χ1) is 10.0. The summed E-state index contributed by atoms with van der Waals surface area (Å²) in [5.41, 5.74) is 0.643. The number of anilines is 1. The van der Waals surface area contributed by atoms with Crippen LogP contribution in [0.15, 0.2) is 12.3 Å². The second-order valence-electron chi connectivity index (χ2n) is 5.90. The van der Waals surface area contributed by atoms with Gasteiger partial charge in [-0.2, -0.15) is 0 Å². The summed E-state index contributed by atoms with van der Waals surface area (Å²) < 4.78 is 0. The van der Waals surface area contributed by atoms with Gasteiger partial charge in [0.1, 0.15) is 5.69 Å². The average Bonchev–Trinajstić information content (AvgIpc) is 3.03. The first-order valence-electron chi connectivity index (χ1n) is 7.18. The minimum Gasteiger partial charge on any atom is -0.323 e. The van der Waals surface area contributed by atoms with Crippen LogP contribution in [0, 0.1) is 23.0 Å². The van der Waals surface area contributed by atoms with Crippen LogP contribution in [-0.4, -0.2) is 39.8 Å². The van der Waals surface area contributed by atoms with Gasteiger partial charge in [-0.25, -0.2) is 0 Å². The van der Waals surface area contributed by atoms with Crippen molar-refractivity contribution in [1.29, 1.82) is 0 Å². The Labute approximate surface area is 122 Å². The first-order valence-corrected chi connectivity index (χ1v) is 7.18. The summed E-state index contributed by atoms with van der Waals surface area (Å²) in [4.78, 5) is 28.6. The summed E-state index contributed by atoms with van der Waals surface area (Å²) in [6, 6.07) is 1.89. The molecule has 1 aliphatic carbocycles. The zero-order valence-corrected chi connectivity index (χ0v) is 11.9. The summed E-state index contributed by atoms with van der Waals surface area (Å²) in [6.07, 6.45) is 5.10. The van der Waals surface area contributed by atoms with E-state index in [1.807, 2.05) is 0 Å². The Hall–Kier alpha value is -2.02. The molecule has 1 saturated heterocycles. The zero-order valence-electron chi connectivity index (χ0n) is 11.9. The number of carbonyl (C=O) groups excluding carboxylic acids is 1. The van der Waals surface area contributed by atoms with E-state index in [0.717, 1.165) is 12.5 Å². The normalized spacial score (nSPS) is 24.2. The molecule has 1 aromatic heterocycles. The molecule has 0 spiro atoms. The molecule has 7 heteroatoms. The Morgan fingerprint density at radius 2 is 2.38 bits per heavy atom. The average molecular weight is 290 g/mol. The molecule has 1 aliphatic heterocycles. The summed E-state index contributed by atoms with van der Waals surface area (Å²) >= 11 is 0. The lowest BCUT2D eigenvalue weighted by molar-refractivity contribution is -0.385. The Bertz CT molecular complexity index is 590. The largest absolute Gasteiger partial charge is 0.323 e. The van der Waals surface area contributed by atoms with E-state index in [9.17, 15) is 14.9 Å². The molecule has 1 N–H and O–H groups in total. The molecule has 0 aromatic carbocycles. The van der Waals surface area contributed by atoms with E-state index in [0.29, 0.717) is 24.0 Å². The number of likely N-dealkylation sites (tertiary alicyclic amines) is 1. The molecule has 1 aromatic rings. The van der Waals surface area contributed by atoms with Crippen molar-refractivity contribution in [2.45, 2.75) is 32.2 Å². The van der Waals surface area contributed by atoms with Crippen LogP contribution in [0.1, 0.15) is 25.0 Å². The molecule has 1 amide bonds. The summed E-state index contributed by atoms with van der Waals surface area (Å²) in [7, 11) is 0. The van der Waals surface area contributed by atoms with Gasteiger partial charge in [-0.3, -0.25) is 24.8 Å². The summed E-state index contributed by atoms with van der Waals surface area (Å²) in [5, 5.41) is 13.6. The van der Waals surface area contributed by atoms with Crippen LogP contribution < -0.4 is 5.32 Å². The molecule has 112 valence electrons. The maximum Gasteiger partial charge on any atom is 0.292 e. The second-order valence-corrected chi connectivity index (χ2v) is 5.90. The third-order valence-electron chi connectivity index (χ3n) is 4.41. The molecule has 2 aliphatic rings. The maximum absolute atomic E-state index is 12.1. The Balaban J connectivity index is 1.62. The van der Waals surface area contributed by atoms with Crippen molar-refractivity contribution < 1.29 is 9.72 Å². The van der Waals surface area contributed by atoms with E-state index in [2.05, 4.69) is 15.2 Å². The number of nitrogens with zero attached hydrogens (tertiary/aromatic N) is 3. The van der Waals surface area contributed by atoms with Crippen LogP contribution in [0.25, 0.3) is 0 Å². The highest BCUT2D eigenvalue weighted by molar-refractivity contribution is 5.92. The SMILES string of the molecule is Cc1ncc(NC(=O)CN2C[C@@H]3CC[C@H]2C3)cc1[N+](=O)[O-]. The maximum atomic E-state index is 12.1. The number of rotatable bonds is 4. The van der Waals surface area contributed by atoms with Crippen molar-refractivity contribution in [3.05, 3.63) is 28.1 Å². The van der Waals surface area contributed by atoms with E-state index < -0.39 is 4.92 Å². The number of pyridine rings is 1. The third kappa shape index (κ3) is 2.87. The number of aromatic nitrogens is 1. The standard InChI is InChI=1S/C14H18N4O3/c1-9-13(18(20)21)5-11(6-15-9)16-14(19)8-17-7-10-2-3-12(17)4-10/h5-6,10,12H,2-4,7-8H2,1H3,(H,16,19)/t10-,12+/m1/s1. The monoisotopic (exact) mass is 290 g/mol. The van der Waals surface area contributed by atoms with Crippen LogP contribution in [0.2, 0.25) is 0 Å². The number of hydrogen-bond acceptors (Lipinski definition) is 5. The predicted octanol–water partition coefficient (Wildman–Crippen LogP) is 1.72. The highest BCUT2D eigenvalue weighted by atomic mass is 16.6. The number of carbonyl (C=O) groups is 1. The molecule has 3 rings (SSSR count). The third-order valence-corrected chi connectivity index (χ3v) is 4.41. The number of nitrogens with one attached hydrogen (secondary N) is 1. The fraction of sp³-hybridized carbons (Fsp3) is 0.571. The molecule has 2 fully saturated rings. The lowest BCUT2D eigenvalue weighted by atomic mass is 10.1. The molecule has 21 heavy (non-hydrogen) atoms. The van der Waals surface area contributed by atoms with Crippen LogP contribution in [0.4, 0.5) is 11.4 Å². The predicted molar refractivity (Wildman–Crippen MR) is 77.0 cm³/mol. The molecule has 7 nitrogen and oxygen atoms in total. The highest BCUT2D eigenvalue weighted by Gasteiger charge is 2.38. The van der Waals surface area contributed by atoms with Gasteiger partial charge in [-0.1, -0.05) is 0 Å². The van der Waals surface area contributed by atoms with E-state index in [1.54, 1.807) is 6.92 Å². The number of piperidine rings is 1. The van der Waals surface area contributed by atoms with Crippen molar-refractivity contribution in [1.82, 2.24) is 9.88 Å². The van der Waals surface area contributed by atoms with Gasteiger partial charge in [-0.05, 0) is 32.1 Å². The van der Waals surface area contributed by atoms with Crippen LogP contribution in [-0.2, 0) is 4.79 Å². The van der Waals surface area contributed by atoms with Gasteiger partial charge in [0, 0.05) is 18.7 Å². The van der Waals surface area contributed by atoms with Gasteiger partial charge in [0.2, 0.25) is 5.91 Å². The zero-order chi connectivity index (χ0) is 15.0. The van der Waals surface area contributed by atoms with Crippen LogP contribution >= 0.6 is 0 Å². The number of amides is 1. The molecular weight excluding hydrogens is 272 g/mol. The van der Waals surface area contributed by atoms with Crippen molar-refractivity contribution in [2.75, 3.05) is 18.4 Å². The fourth-order valence-corrected chi connectivity index (χ4v) is 3.38. The van der Waals surface area contributed by atoms with Gasteiger partial charge >= 0.3 is 0 Å². The number of hydrogen-bond donors (Lipinski definition) is 1. The Morgan fingerprint density at radius 3 is 3.00 bits per heavy atom. The van der Waals surface area contributed by atoms with Crippen molar-refractivity contribution in [3.63, 3.8) is 0 Å². The topological polar surface area (TPSA) is 88.4 Å². The molecule has 0 unspecified atom stereocenters. The summed E-state index contributed by atoms with van der Waals surface area (Å²) in [5.74, 6) is 0.604. The molecule has 1 saturated carbocycles. The fourth-order valence-electron chi connectivity index (χ4n) is 3.38. The van der Waals surface area contributed by atoms with Gasteiger partial charge in [0.05, 0.1) is 23.4 Å². The molecule has 2 heterocycles. The number of aryl methyl sites for hydroxylation is 1. The van der Waals surface area contributed by atoms with Gasteiger partial charge in [0.15, 0.2) is 0 Å². The van der Waals surface area contributed by atoms with Gasteiger partial charge in [-0.15, -0.1) is 0 Å². The van der Waals surface area contributed by atoms with E-state index in [1.165, 1.54) is 31.5 Å². The molecule has 0 radical (unpaired) electrons. The van der Waals surface area contributed by atoms with Crippen LogP contribution in [0.5, 0.6) is 0 Å². The molecule has 2 bridgehead atoms. The number of nitro groups is 1. The minimum atomic E-state index is -0.489. The van der Waals surface area contributed by atoms with Gasteiger partial charge < -0.3 is 5.32 Å². The van der Waals surface area contributed by atoms with Crippen molar-refractivity contribution in [2.24, 2.45) is 5.92 Å². The second kappa shape index (κ2) is 5.40. The lowest BCUT2D eigenvalue weighted by Gasteiger charge is -2.25. The molecular formula is C14H18N4O3. The minimum absolute atomic E-state index is 0.0759.